The van der Waals surface area contributed by atoms with E-state index < -0.39 is 28.5 Å². The molecule has 1 atom stereocenters. The number of rotatable bonds is 12. The second-order valence-corrected chi connectivity index (χ2v) is 13.1. The average molecular weight is 619 g/mol. The number of amides is 2. The molecule has 220 valence electrons. The summed E-state index contributed by atoms with van der Waals surface area (Å²) >= 11 is 12.4. The zero-order valence-corrected chi connectivity index (χ0v) is 26.4. The fourth-order valence-corrected chi connectivity index (χ4v) is 6.17. The van der Waals surface area contributed by atoms with E-state index in [0.717, 1.165) is 9.87 Å². The molecule has 2 amide bonds. The molecular formula is C31H37Cl2N3O4S. The van der Waals surface area contributed by atoms with Crippen molar-refractivity contribution < 1.29 is 18.0 Å². The molecule has 0 aliphatic rings. The highest BCUT2D eigenvalue weighted by Crippen LogP contribution is 2.28. The van der Waals surface area contributed by atoms with Crippen LogP contribution in [0.5, 0.6) is 0 Å². The van der Waals surface area contributed by atoms with Gasteiger partial charge in [-0.15, -0.1) is 0 Å². The first-order valence-electron chi connectivity index (χ1n) is 13.5. The smallest absolute Gasteiger partial charge is 0.264 e. The summed E-state index contributed by atoms with van der Waals surface area (Å²) in [6, 6.07) is 17.7. The van der Waals surface area contributed by atoms with Crippen LogP contribution in [-0.2, 0) is 26.2 Å². The Bertz CT molecular complexity index is 1480. The maximum atomic E-state index is 14.2. The number of anilines is 1. The lowest BCUT2D eigenvalue weighted by molar-refractivity contribution is -0.140. The van der Waals surface area contributed by atoms with Crippen molar-refractivity contribution in [2.45, 2.75) is 58.5 Å². The minimum Gasteiger partial charge on any atom is -0.354 e. The number of nitrogens with zero attached hydrogens (tertiary/aromatic N) is 2. The molecule has 0 saturated heterocycles. The first-order chi connectivity index (χ1) is 19.3. The molecule has 0 aliphatic heterocycles. The Morgan fingerprint density at radius 3 is 2.17 bits per heavy atom. The molecule has 0 heterocycles. The Morgan fingerprint density at radius 2 is 1.59 bits per heavy atom. The van der Waals surface area contributed by atoms with Crippen LogP contribution in [0.3, 0.4) is 0 Å². The van der Waals surface area contributed by atoms with E-state index in [-0.39, 0.29) is 23.3 Å². The minimum absolute atomic E-state index is 0.0372. The molecule has 0 bridgehead atoms. The van der Waals surface area contributed by atoms with E-state index in [9.17, 15) is 18.0 Å². The number of carbonyl (C=O) groups is 2. The van der Waals surface area contributed by atoms with E-state index in [1.807, 2.05) is 27.7 Å². The second kappa shape index (κ2) is 14.2. The van der Waals surface area contributed by atoms with Crippen LogP contribution in [0, 0.1) is 19.8 Å². The summed E-state index contributed by atoms with van der Waals surface area (Å²) in [4.78, 5) is 29.0. The number of sulfonamides is 1. The van der Waals surface area contributed by atoms with Gasteiger partial charge in [-0.05, 0) is 67.6 Å². The lowest BCUT2D eigenvalue weighted by atomic mass is 10.1. The Kier molecular flexibility index (Phi) is 11.2. The molecule has 0 fully saturated rings. The molecule has 3 aromatic rings. The van der Waals surface area contributed by atoms with Crippen LogP contribution in [0.15, 0.2) is 71.6 Å². The summed E-state index contributed by atoms with van der Waals surface area (Å²) in [6.07, 6.45) is 0.325. The number of nitrogens with one attached hydrogen (secondary N) is 1. The topological polar surface area (TPSA) is 86.8 Å². The summed E-state index contributed by atoms with van der Waals surface area (Å²) in [6.45, 7) is 9.42. The van der Waals surface area contributed by atoms with Crippen LogP contribution < -0.4 is 9.62 Å². The summed E-state index contributed by atoms with van der Waals surface area (Å²) in [7, 11) is -4.13. The molecule has 0 unspecified atom stereocenters. The standard InChI is InChI=1S/C31H37Cl2N3O4S/c1-6-28(31(38)34-18-21(2)3)35(19-24-13-16-26(32)27(33)17-24)30(37)20-36(29-10-8-7-9-23(29)5)41(39,40)25-14-11-22(4)12-15-25/h7-17,21,28H,6,18-20H2,1-5H3,(H,34,38)/t28-/m0/s1. The fourth-order valence-electron chi connectivity index (χ4n) is 4.37. The number of aryl methyl sites for hydroxylation is 2. The lowest BCUT2D eigenvalue weighted by Gasteiger charge is -2.33. The van der Waals surface area contributed by atoms with Crippen molar-refractivity contribution in [2.75, 3.05) is 17.4 Å². The molecule has 7 nitrogen and oxygen atoms in total. The largest absolute Gasteiger partial charge is 0.354 e. The van der Waals surface area contributed by atoms with Gasteiger partial charge in [0.25, 0.3) is 10.0 Å². The monoisotopic (exact) mass is 617 g/mol. The average Bonchev–Trinajstić information content (AvgIpc) is 2.93. The molecule has 3 aromatic carbocycles. The number of hydrogen-bond acceptors (Lipinski definition) is 4. The van der Waals surface area contributed by atoms with Crippen molar-refractivity contribution in [1.29, 1.82) is 0 Å². The first kappa shape index (κ1) is 32.4. The molecule has 3 rings (SSSR count). The van der Waals surface area contributed by atoms with Gasteiger partial charge in [-0.2, -0.15) is 0 Å². The Hall–Kier alpha value is -3.07. The number of para-hydroxylation sites is 1. The van der Waals surface area contributed by atoms with E-state index >= 15 is 0 Å². The van der Waals surface area contributed by atoms with Crippen molar-refractivity contribution in [1.82, 2.24) is 10.2 Å². The van der Waals surface area contributed by atoms with Gasteiger partial charge in [0, 0.05) is 13.1 Å². The predicted molar refractivity (Wildman–Crippen MR) is 166 cm³/mol. The van der Waals surface area contributed by atoms with Gasteiger partial charge in [0.2, 0.25) is 11.8 Å². The zero-order valence-electron chi connectivity index (χ0n) is 24.0. The van der Waals surface area contributed by atoms with Gasteiger partial charge in [-0.3, -0.25) is 13.9 Å². The number of halogens is 2. The molecule has 0 aliphatic carbocycles. The highest BCUT2D eigenvalue weighted by molar-refractivity contribution is 7.92. The maximum Gasteiger partial charge on any atom is 0.264 e. The Morgan fingerprint density at radius 1 is 0.927 bits per heavy atom. The van der Waals surface area contributed by atoms with Crippen LogP contribution in [-0.4, -0.2) is 44.3 Å². The van der Waals surface area contributed by atoms with Crippen molar-refractivity contribution in [3.8, 4) is 0 Å². The van der Waals surface area contributed by atoms with Crippen LogP contribution in [0.2, 0.25) is 10.0 Å². The maximum absolute atomic E-state index is 14.2. The predicted octanol–water partition coefficient (Wildman–Crippen LogP) is 6.39. The normalized spacial score (nSPS) is 12.2. The highest BCUT2D eigenvalue weighted by atomic mass is 35.5. The Labute approximate surface area is 253 Å². The summed E-state index contributed by atoms with van der Waals surface area (Å²) in [5.41, 5.74) is 2.64. The van der Waals surface area contributed by atoms with Gasteiger partial charge in [-0.1, -0.05) is 85.9 Å². The third-order valence-electron chi connectivity index (χ3n) is 6.68. The SMILES string of the molecule is CC[C@@H](C(=O)NCC(C)C)N(Cc1ccc(Cl)c(Cl)c1)C(=O)CN(c1ccccc1C)S(=O)(=O)c1ccc(C)cc1. The molecular weight excluding hydrogens is 581 g/mol. The van der Waals surface area contributed by atoms with Crippen molar-refractivity contribution in [2.24, 2.45) is 5.92 Å². The summed E-state index contributed by atoms with van der Waals surface area (Å²) < 4.78 is 29.1. The van der Waals surface area contributed by atoms with E-state index in [0.29, 0.717) is 39.8 Å². The first-order valence-corrected chi connectivity index (χ1v) is 15.7. The van der Waals surface area contributed by atoms with E-state index in [2.05, 4.69) is 5.32 Å². The second-order valence-electron chi connectivity index (χ2n) is 10.4. The van der Waals surface area contributed by atoms with Crippen molar-refractivity contribution in [3.05, 3.63) is 93.5 Å². The van der Waals surface area contributed by atoms with Crippen LogP contribution in [0.1, 0.15) is 43.9 Å². The molecule has 0 radical (unpaired) electrons. The van der Waals surface area contributed by atoms with Gasteiger partial charge in [0.15, 0.2) is 0 Å². The molecule has 0 saturated carbocycles. The third-order valence-corrected chi connectivity index (χ3v) is 9.19. The van der Waals surface area contributed by atoms with Gasteiger partial charge >= 0.3 is 0 Å². The van der Waals surface area contributed by atoms with Crippen LogP contribution in [0.4, 0.5) is 5.69 Å². The molecule has 41 heavy (non-hydrogen) atoms. The lowest BCUT2D eigenvalue weighted by Crippen LogP contribution is -2.52. The van der Waals surface area contributed by atoms with E-state index in [1.165, 1.54) is 17.0 Å². The van der Waals surface area contributed by atoms with Gasteiger partial charge in [-0.25, -0.2) is 8.42 Å². The zero-order chi connectivity index (χ0) is 30.3. The van der Waals surface area contributed by atoms with Gasteiger partial charge in [0.1, 0.15) is 12.6 Å². The van der Waals surface area contributed by atoms with E-state index in [1.54, 1.807) is 61.5 Å². The molecule has 0 spiro atoms. The van der Waals surface area contributed by atoms with E-state index in [4.69, 9.17) is 23.2 Å². The highest BCUT2D eigenvalue weighted by Gasteiger charge is 2.34. The minimum atomic E-state index is -4.13. The number of carbonyl (C=O) groups excluding carboxylic acids is 2. The summed E-state index contributed by atoms with van der Waals surface area (Å²) in [5, 5.41) is 3.60. The van der Waals surface area contributed by atoms with Gasteiger partial charge in [0.05, 0.1) is 20.6 Å². The quantitative estimate of drug-likeness (QED) is 0.255. The van der Waals surface area contributed by atoms with Gasteiger partial charge < -0.3 is 10.2 Å². The van der Waals surface area contributed by atoms with Crippen molar-refractivity contribution >= 4 is 50.7 Å². The molecule has 0 aromatic heterocycles. The summed E-state index contributed by atoms with van der Waals surface area (Å²) in [5.74, 6) is -0.619. The molecule has 10 heteroatoms. The third kappa shape index (κ3) is 8.24. The Balaban J connectivity index is 2.07. The number of benzene rings is 3. The van der Waals surface area contributed by atoms with Crippen molar-refractivity contribution in [3.63, 3.8) is 0 Å². The van der Waals surface area contributed by atoms with Crippen LogP contribution in [0.25, 0.3) is 0 Å². The van der Waals surface area contributed by atoms with Crippen LogP contribution >= 0.6 is 23.2 Å². The number of hydrogen-bond donors (Lipinski definition) is 1. The fraction of sp³-hybridized carbons (Fsp3) is 0.355. The molecule has 1 N–H and O–H groups in total.